The van der Waals surface area contributed by atoms with Crippen LogP contribution in [0, 0.1) is 34.0 Å². The highest BCUT2D eigenvalue weighted by molar-refractivity contribution is 5.60. The van der Waals surface area contributed by atoms with E-state index in [2.05, 4.69) is 15.5 Å². The van der Waals surface area contributed by atoms with Gasteiger partial charge in [0.15, 0.2) is 5.57 Å². The number of azo groups is 1. The van der Waals surface area contributed by atoms with Crippen LogP contribution in [0.3, 0.4) is 0 Å². The smallest absolute Gasteiger partial charge is 0.163 e. The predicted octanol–water partition coefficient (Wildman–Crippen LogP) is 4.34. The van der Waals surface area contributed by atoms with Crippen molar-refractivity contribution in [2.45, 2.75) is 0 Å². The summed E-state index contributed by atoms with van der Waals surface area (Å²) in [6.45, 7) is 0. The Morgan fingerprint density at radius 3 is 1.83 bits per heavy atom. The van der Waals surface area contributed by atoms with E-state index in [-0.39, 0.29) is 11.3 Å². The molecule has 0 aromatic heterocycles. The van der Waals surface area contributed by atoms with E-state index in [1.165, 1.54) is 0 Å². The van der Waals surface area contributed by atoms with Crippen LogP contribution < -0.4 is 5.32 Å². The summed E-state index contributed by atoms with van der Waals surface area (Å²) in [5.41, 5.74) is 1.61. The van der Waals surface area contributed by atoms with Crippen molar-refractivity contribution in [1.29, 1.82) is 15.8 Å². The second kappa shape index (κ2) is 7.73. The van der Waals surface area contributed by atoms with Gasteiger partial charge in [0, 0.05) is 5.69 Å². The molecular weight excluding hydrogens is 288 g/mol. The summed E-state index contributed by atoms with van der Waals surface area (Å²) < 4.78 is 0. The molecule has 0 saturated carbocycles. The highest BCUT2D eigenvalue weighted by Crippen LogP contribution is 2.21. The number of nitrogens with one attached hydrogen (secondary N) is 1. The first-order valence-corrected chi connectivity index (χ1v) is 6.55. The van der Waals surface area contributed by atoms with Gasteiger partial charge in [0.2, 0.25) is 0 Å². The quantitative estimate of drug-likeness (QED) is 0.668. The summed E-state index contributed by atoms with van der Waals surface area (Å²) in [6.07, 6.45) is 0. The third-order valence-electron chi connectivity index (χ3n) is 2.76. The lowest BCUT2D eigenvalue weighted by atomic mass is 10.2. The molecule has 0 fully saturated rings. The summed E-state index contributed by atoms with van der Waals surface area (Å²) in [6, 6.07) is 21.3. The van der Waals surface area contributed by atoms with Crippen LogP contribution in [-0.4, -0.2) is 0 Å². The van der Waals surface area contributed by atoms with Crippen LogP contribution in [0.25, 0.3) is 0 Å². The third kappa shape index (κ3) is 4.26. The van der Waals surface area contributed by atoms with Gasteiger partial charge >= 0.3 is 0 Å². The lowest BCUT2D eigenvalue weighted by Crippen LogP contribution is -2.00. The Labute approximate surface area is 133 Å². The maximum absolute atomic E-state index is 8.98. The van der Waals surface area contributed by atoms with Gasteiger partial charge in [-0.25, -0.2) is 0 Å². The standard InChI is InChI=1S/C17H10N6/c18-10-13(11-19)17(12-20)21-14-6-8-16(9-7-14)23-22-15-4-2-1-3-5-15/h1-9,21H. The van der Waals surface area contributed by atoms with Gasteiger partial charge in [-0.05, 0) is 36.4 Å². The van der Waals surface area contributed by atoms with Gasteiger partial charge in [0.25, 0.3) is 0 Å². The molecule has 1 N–H and O–H groups in total. The fourth-order valence-electron chi connectivity index (χ4n) is 1.65. The van der Waals surface area contributed by atoms with E-state index in [1.54, 1.807) is 42.5 Å². The zero-order valence-corrected chi connectivity index (χ0v) is 11.9. The molecule has 0 aliphatic heterocycles. The van der Waals surface area contributed by atoms with Crippen molar-refractivity contribution >= 4 is 17.1 Å². The molecule has 2 aromatic carbocycles. The SMILES string of the molecule is N#CC(C#N)=C(C#N)Nc1ccc(N=Nc2ccccc2)cc1. The number of allylic oxidation sites excluding steroid dienone is 2. The maximum Gasteiger partial charge on any atom is 0.163 e. The molecule has 6 heteroatoms. The second-order valence-corrected chi connectivity index (χ2v) is 4.29. The van der Waals surface area contributed by atoms with Crippen molar-refractivity contribution in [3.8, 4) is 18.2 Å². The van der Waals surface area contributed by atoms with Gasteiger partial charge in [0.1, 0.15) is 23.9 Å². The minimum absolute atomic E-state index is 0.0892. The number of nitriles is 3. The Balaban J connectivity index is 2.13. The van der Waals surface area contributed by atoms with E-state index < -0.39 is 0 Å². The third-order valence-corrected chi connectivity index (χ3v) is 2.76. The molecule has 0 bridgehead atoms. The number of anilines is 1. The van der Waals surface area contributed by atoms with Crippen molar-refractivity contribution in [3.63, 3.8) is 0 Å². The van der Waals surface area contributed by atoms with Crippen molar-refractivity contribution in [3.05, 3.63) is 65.9 Å². The molecule has 0 unspecified atom stereocenters. The molecule has 0 saturated heterocycles. The Morgan fingerprint density at radius 2 is 1.30 bits per heavy atom. The van der Waals surface area contributed by atoms with Crippen LogP contribution in [0.4, 0.5) is 17.1 Å². The molecule has 0 spiro atoms. The van der Waals surface area contributed by atoms with E-state index in [0.717, 1.165) is 5.69 Å². The highest BCUT2D eigenvalue weighted by atomic mass is 15.1. The van der Waals surface area contributed by atoms with Crippen LogP contribution in [-0.2, 0) is 0 Å². The zero-order chi connectivity index (χ0) is 16.5. The highest BCUT2D eigenvalue weighted by Gasteiger charge is 2.05. The first-order valence-electron chi connectivity index (χ1n) is 6.55. The normalized spacial score (nSPS) is 9.43. The predicted molar refractivity (Wildman–Crippen MR) is 84.5 cm³/mol. The van der Waals surface area contributed by atoms with Crippen LogP contribution >= 0.6 is 0 Å². The fourth-order valence-corrected chi connectivity index (χ4v) is 1.65. The van der Waals surface area contributed by atoms with Crippen molar-refractivity contribution in [1.82, 2.24) is 0 Å². The minimum Gasteiger partial charge on any atom is -0.345 e. The van der Waals surface area contributed by atoms with Gasteiger partial charge in [-0.15, -0.1) is 0 Å². The van der Waals surface area contributed by atoms with Crippen molar-refractivity contribution in [2.75, 3.05) is 5.32 Å². The Hall–Kier alpha value is -3.95. The molecule has 2 aromatic rings. The Bertz CT molecular complexity index is 843. The zero-order valence-electron chi connectivity index (χ0n) is 11.9. The number of hydrogen-bond donors (Lipinski definition) is 1. The molecule has 0 aliphatic rings. The maximum atomic E-state index is 8.98. The minimum atomic E-state index is -0.264. The van der Waals surface area contributed by atoms with E-state index in [1.807, 2.05) is 30.3 Å². The van der Waals surface area contributed by atoms with Crippen molar-refractivity contribution < 1.29 is 0 Å². The largest absolute Gasteiger partial charge is 0.345 e. The Morgan fingerprint density at radius 1 is 0.739 bits per heavy atom. The van der Waals surface area contributed by atoms with Gasteiger partial charge < -0.3 is 5.32 Å². The van der Waals surface area contributed by atoms with E-state index in [9.17, 15) is 0 Å². The van der Waals surface area contributed by atoms with Crippen molar-refractivity contribution in [2.24, 2.45) is 10.2 Å². The van der Waals surface area contributed by atoms with Gasteiger partial charge in [-0.2, -0.15) is 26.0 Å². The summed E-state index contributed by atoms with van der Waals surface area (Å²) in [7, 11) is 0. The summed E-state index contributed by atoms with van der Waals surface area (Å²) in [5.74, 6) is 0. The van der Waals surface area contributed by atoms with Crippen LogP contribution in [0.1, 0.15) is 0 Å². The average Bonchev–Trinajstić information content (AvgIpc) is 2.62. The first kappa shape index (κ1) is 15.4. The summed E-state index contributed by atoms with van der Waals surface area (Å²) in [5, 5.41) is 37.5. The second-order valence-electron chi connectivity index (χ2n) is 4.29. The monoisotopic (exact) mass is 298 g/mol. The first-order chi connectivity index (χ1) is 11.3. The Kier molecular flexibility index (Phi) is 5.19. The van der Waals surface area contributed by atoms with Gasteiger partial charge in [-0.3, -0.25) is 0 Å². The molecule has 0 atom stereocenters. The molecule has 23 heavy (non-hydrogen) atoms. The topological polar surface area (TPSA) is 108 Å². The lowest BCUT2D eigenvalue weighted by molar-refractivity contribution is 1.23. The van der Waals surface area contributed by atoms with E-state index >= 15 is 0 Å². The fraction of sp³-hybridized carbons (Fsp3) is 0. The van der Waals surface area contributed by atoms with E-state index in [0.29, 0.717) is 11.4 Å². The van der Waals surface area contributed by atoms with Crippen LogP contribution in [0.15, 0.2) is 76.1 Å². The molecular formula is C17H10N6. The van der Waals surface area contributed by atoms with Gasteiger partial charge in [-0.1, -0.05) is 18.2 Å². The molecule has 0 radical (unpaired) electrons. The van der Waals surface area contributed by atoms with Crippen LogP contribution in [0.5, 0.6) is 0 Å². The molecule has 108 valence electrons. The summed E-state index contributed by atoms with van der Waals surface area (Å²) >= 11 is 0. The number of rotatable bonds is 4. The molecule has 6 nitrogen and oxygen atoms in total. The molecule has 0 aliphatic carbocycles. The number of nitrogens with zero attached hydrogens (tertiary/aromatic N) is 5. The average molecular weight is 298 g/mol. The van der Waals surface area contributed by atoms with E-state index in [4.69, 9.17) is 15.8 Å². The molecule has 2 rings (SSSR count). The molecule has 0 heterocycles. The summed E-state index contributed by atoms with van der Waals surface area (Å²) in [4.78, 5) is 0. The lowest BCUT2D eigenvalue weighted by Gasteiger charge is -2.04. The number of benzene rings is 2. The van der Waals surface area contributed by atoms with Crippen LogP contribution in [0.2, 0.25) is 0 Å². The number of hydrogen-bond acceptors (Lipinski definition) is 6. The van der Waals surface area contributed by atoms with Gasteiger partial charge in [0.05, 0.1) is 11.4 Å². The molecule has 0 amide bonds.